The number of hydrogen-bond acceptors (Lipinski definition) is 4. The Morgan fingerprint density at radius 3 is 2.40 bits per heavy atom. The summed E-state index contributed by atoms with van der Waals surface area (Å²) in [5.74, 6) is 0. The third-order valence-electron chi connectivity index (χ3n) is 1.63. The van der Waals surface area contributed by atoms with Crippen LogP contribution in [0.1, 0.15) is 13.3 Å². The van der Waals surface area contributed by atoms with Gasteiger partial charge in [0, 0.05) is 6.42 Å². The smallest absolute Gasteiger partial charge is 0.183 e. The molecule has 0 saturated carbocycles. The van der Waals surface area contributed by atoms with Gasteiger partial charge in [-0.3, -0.25) is 0 Å². The van der Waals surface area contributed by atoms with Gasteiger partial charge in [-0.05, 0) is 6.92 Å². The fraction of sp³-hybridized carbons (Fsp3) is 1.00. The first-order chi connectivity index (χ1) is 4.61. The van der Waals surface area contributed by atoms with Crippen LogP contribution in [-0.4, -0.2) is 39.9 Å². The van der Waals surface area contributed by atoms with Crippen LogP contribution in [0, 0.1) is 0 Å². The van der Waals surface area contributed by atoms with Gasteiger partial charge in [-0.2, -0.15) is 0 Å². The first kappa shape index (κ1) is 7.94. The molecule has 3 N–H and O–H groups in total. The summed E-state index contributed by atoms with van der Waals surface area (Å²) in [4.78, 5) is 0. The van der Waals surface area contributed by atoms with E-state index in [-0.39, 0.29) is 6.10 Å². The highest BCUT2D eigenvalue weighted by Gasteiger charge is 2.33. The topological polar surface area (TPSA) is 69.9 Å². The Morgan fingerprint density at radius 1 is 1.30 bits per heavy atom. The summed E-state index contributed by atoms with van der Waals surface area (Å²) in [5, 5.41) is 26.9. The molecule has 4 atom stereocenters. The summed E-state index contributed by atoms with van der Waals surface area (Å²) in [6, 6.07) is 0. The van der Waals surface area contributed by atoms with Gasteiger partial charge in [-0.25, -0.2) is 0 Å². The molecule has 0 aliphatic carbocycles. The molecule has 0 radical (unpaired) electrons. The molecule has 1 saturated heterocycles. The molecule has 1 heterocycles. The van der Waals surface area contributed by atoms with Crippen LogP contribution in [0.4, 0.5) is 0 Å². The van der Waals surface area contributed by atoms with Crippen LogP contribution in [0.2, 0.25) is 0 Å². The minimum Gasteiger partial charge on any atom is -0.390 e. The highest BCUT2D eigenvalue weighted by Crippen LogP contribution is 2.17. The van der Waals surface area contributed by atoms with Crippen LogP contribution >= 0.6 is 0 Å². The van der Waals surface area contributed by atoms with Gasteiger partial charge in [0.05, 0.1) is 12.2 Å². The van der Waals surface area contributed by atoms with Gasteiger partial charge in [0.15, 0.2) is 6.29 Å². The van der Waals surface area contributed by atoms with Crippen LogP contribution < -0.4 is 0 Å². The van der Waals surface area contributed by atoms with E-state index in [1.165, 1.54) is 0 Å². The van der Waals surface area contributed by atoms with Crippen LogP contribution in [0.3, 0.4) is 0 Å². The molecule has 1 fully saturated rings. The van der Waals surface area contributed by atoms with Crippen LogP contribution in [0.15, 0.2) is 0 Å². The summed E-state index contributed by atoms with van der Waals surface area (Å²) in [6.07, 6.45) is -3.07. The minimum atomic E-state index is -1.24. The lowest BCUT2D eigenvalue weighted by Gasteiger charge is -2.32. The van der Waals surface area contributed by atoms with Crippen LogP contribution in [0.25, 0.3) is 0 Å². The third kappa shape index (κ3) is 1.46. The zero-order valence-electron chi connectivity index (χ0n) is 5.77. The summed E-state index contributed by atoms with van der Waals surface area (Å²) < 4.78 is 4.81. The second-order valence-electron chi connectivity index (χ2n) is 2.63. The van der Waals surface area contributed by atoms with E-state index < -0.39 is 18.5 Å². The fourth-order valence-electron chi connectivity index (χ4n) is 1.04. The molecular weight excluding hydrogens is 136 g/mol. The van der Waals surface area contributed by atoms with Gasteiger partial charge in [0.25, 0.3) is 0 Å². The molecule has 60 valence electrons. The monoisotopic (exact) mass is 148 g/mol. The fourth-order valence-corrected chi connectivity index (χ4v) is 1.04. The molecular formula is C6H12O4. The summed E-state index contributed by atoms with van der Waals surface area (Å²) in [7, 11) is 0. The molecule has 0 spiro atoms. The van der Waals surface area contributed by atoms with Gasteiger partial charge in [0.1, 0.15) is 6.10 Å². The third-order valence-corrected chi connectivity index (χ3v) is 1.63. The van der Waals surface area contributed by atoms with E-state index in [1.807, 2.05) is 0 Å². The summed E-state index contributed by atoms with van der Waals surface area (Å²) >= 11 is 0. The summed E-state index contributed by atoms with van der Waals surface area (Å²) in [6.45, 7) is 1.73. The predicted molar refractivity (Wildman–Crippen MR) is 33.2 cm³/mol. The lowest BCUT2D eigenvalue weighted by Crippen LogP contribution is -2.47. The van der Waals surface area contributed by atoms with E-state index in [0.717, 1.165) is 0 Å². The van der Waals surface area contributed by atoms with Crippen molar-refractivity contribution in [3.63, 3.8) is 0 Å². The highest BCUT2D eigenvalue weighted by atomic mass is 16.6. The lowest BCUT2D eigenvalue weighted by molar-refractivity contribution is -0.242. The first-order valence-corrected chi connectivity index (χ1v) is 3.31. The van der Waals surface area contributed by atoms with Crippen molar-refractivity contribution < 1.29 is 20.1 Å². The van der Waals surface area contributed by atoms with Crippen molar-refractivity contribution in [3.8, 4) is 0 Å². The number of rotatable bonds is 0. The molecule has 0 amide bonds. The lowest BCUT2D eigenvalue weighted by atomic mass is 10.0. The Morgan fingerprint density at radius 2 is 1.90 bits per heavy atom. The molecule has 4 heteroatoms. The van der Waals surface area contributed by atoms with Crippen molar-refractivity contribution >= 4 is 0 Å². The number of aliphatic hydroxyl groups excluding tert-OH is 3. The SMILES string of the molecule is C[C@@H]1CC(O)C(O)C(O)O1. The van der Waals surface area contributed by atoms with Crippen LogP contribution in [0.5, 0.6) is 0 Å². The quantitative estimate of drug-likeness (QED) is 0.405. The van der Waals surface area contributed by atoms with Crippen molar-refractivity contribution in [2.24, 2.45) is 0 Å². The molecule has 1 aliphatic rings. The Hall–Kier alpha value is -0.160. The van der Waals surface area contributed by atoms with E-state index in [4.69, 9.17) is 20.1 Å². The number of aliphatic hydroxyl groups is 3. The zero-order chi connectivity index (χ0) is 7.72. The summed E-state index contributed by atoms with van der Waals surface area (Å²) in [5.41, 5.74) is 0. The molecule has 0 aromatic carbocycles. The van der Waals surface area contributed by atoms with Gasteiger partial charge in [-0.1, -0.05) is 0 Å². The predicted octanol–water partition coefficient (Wildman–Crippen LogP) is -1.16. The maximum atomic E-state index is 9.03. The maximum Gasteiger partial charge on any atom is 0.183 e. The van der Waals surface area contributed by atoms with E-state index in [0.29, 0.717) is 6.42 Å². The van der Waals surface area contributed by atoms with E-state index >= 15 is 0 Å². The molecule has 0 bridgehead atoms. The molecule has 3 unspecified atom stereocenters. The average molecular weight is 148 g/mol. The van der Waals surface area contributed by atoms with E-state index in [1.54, 1.807) is 6.92 Å². The molecule has 0 aromatic heterocycles. The normalized spacial score (nSPS) is 49.2. The number of hydrogen-bond donors (Lipinski definition) is 3. The Bertz CT molecular complexity index is 104. The Labute approximate surface area is 59.1 Å². The largest absolute Gasteiger partial charge is 0.390 e. The Balaban J connectivity index is 2.49. The second kappa shape index (κ2) is 2.84. The van der Waals surface area contributed by atoms with Gasteiger partial charge in [0.2, 0.25) is 0 Å². The zero-order valence-corrected chi connectivity index (χ0v) is 5.77. The maximum absolute atomic E-state index is 9.03. The van der Waals surface area contributed by atoms with Crippen molar-refractivity contribution in [3.05, 3.63) is 0 Å². The molecule has 1 aliphatic heterocycles. The van der Waals surface area contributed by atoms with Crippen molar-refractivity contribution in [1.82, 2.24) is 0 Å². The van der Waals surface area contributed by atoms with Crippen LogP contribution in [-0.2, 0) is 4.74 Å². The Kier molecular flexibility index (Phi) is 2.25. The standard InChI is InChI=1S/C6H12O4/c1-3-2-4(7)5(8)6(9)10-3/h3-9H,2H2,1H3/t3-,4?,5?,6?/m1/s1. The second-order valence-corrected chi connectivity index (χ2v) is 2.63. The average Bonchev–Trinajstić information content (AvgIpc) is 1.82. The van der Waals surface area contributed by atoms with Crippen molar-refractivity contribution in [1.29, 1.82) is 0 Å². The molecule has 4 nitrogen and oxygen atoms in total. The van der Waals surface area contributed by atoms with Gasteiger partial charge in [-0.15, -0.1) is 0 Å². The molecule has 1 rings (SSSR count). The highest BCUT2D eigenvalue weighted by molar-refractivity contribution is 4.77. The number of ether oxygens (including phenoxy) is 1. The molecule has 10 heavy (non-hydrogen) atoms. The van der Waals surface area contributed by atoms with Gasteiger partial charge >= 0.3 is 0 Å². The first-order valence-electron chi connectivity index (χ1n) is 3.31. The minimum absolute atomic E-state index is 0.187. The van der Waals surface area contributed by atoms with Crippen molar-refractivity contribution in [2.75, 3.05) is 0 Å². The van der Waals surface area contributed by atoms with Gasteiger partial charge < -0.3 is 20.1 Å². The van der Waals surface area contributed by atoms with E-state index in [2.05, 4.69) is 0 Å². The van der Waals surface area contributed by atoms with E-state index in [9.17, 15) is 0 Å². The molecule has 0 aromatic rings. The van der Waals surface area contributed by atoms with Crippen molar-refractivity contribution in [2.45, 2.75) is 37.9 Å².